The van der Waals surface area contributed by atoms with Crippen LogP contribution in [0.1, 0.15) is 13.8 Å². The van der Waals surface area contributed by atoms with Crippen LogP contribution in [0.3, 0.4) is 0 Å². The second kappa shape index (κ2) is 4.63. The Hall–Kier alpha value is -0.520. The zero-order valence-electron chi connectivity index (χ0n) is 5.23. The van der Waals surface area contributed by atoms with Gasteiger partial charge in [0, 0.05) is 0 Å². The lowest BCUT2D eigenvalue weighted by atomic mass is 10.5. The third-order valence-corrected chi connectivity index (χ3v) is 0.663. The van der Waals surface area contributed by atoms with Crippen molar-refractivity contribution >= 4 is 0 Å². The first kappa shape index (κ1) is 7.48. The van der Waals surface area contributed by atoms with Crippen molar-refractivity contribution in [2.45, 2.75) is 20.1 Å². The number of aliphatic hydroxyl groups is 1. The zero-order chi connectivity index (χ0) is 6.41. The molecule has 0 aliphatic rings. The molecule has 0 saturated heterocycles. The van der Waals surface area contributed by atoms with E-state index in [4.69, 9.17) is 5.11 Å². The van der Waals surface area contributed by atoms with Gasteiger partial charge in [0.05, 0.1) is 6.54 Å². The fraction of sp³-hybridized carbons (Fsp3) is 0.667. The first-order valence-corrected chi connectivity index (χ1v) is 2.58. The molecule has 2 N–H and O–H groups in total. The lowest BCUT2D eigenvalue weighted by molar-refractivity contribution is 0.162. The van der Waals surface area contributed by atoms with E-state index in [0.29, 0.717) is 6.54 Å². The monoisotopic (exact) mass is 113 g/mol. The Balaban J connectivity index is 3.01. The lowest BCUT2D eigenvalue weighted by Gasteiger charge is -2.00. The Morgan fingerprint density at radius 2 is 2.38 bits per heavy atom. The van der Waals surface area contributed by atoms with Crippen molar-refractivity contribution in [2.24, 2.45) is 0 Å². The Morgan fingerprint density at radius 3 is 2.75 bits per heavy atom. The van der Waals surface area contributed by atoms with Crippen molar-refractivity contribution in [3.05, 3.63) is 0 Å². The summed E-state index contributed by atoms with van der Waals surface area (Å²) in [6.45, 7) is 4.00. The van der Waals surface area contributed by atoms with E-state index < -0.39 is 6.23 Å². The third kappa shape index (κ3) is 5.48. The summed E-state index contributed by atoms with van der Waals surface area (Å²) in [7, 11) is 0. The van der Waals surface area contributed by atoms with Crippen LogP contribution in [0.2, 0.25) is 0 Å². The molecule has 0 heterocycles. The van der Waals surface area contributed by atoms with Crippen LogP contribution >= 0.6 is 0 Å². The maximum absolute atomic E-state index is 8.60. The van der Waals surface area contributed by atoms with Gasteiger partial charge in [0.25, 0.3) is 0 Å². The molecular weight excluding hydrogens is 102 g/mol. The van der Waals surface area contributed by atoms with E-state index in [-0.39, 0.29) is 0 Å². The van der Waals surface area contributed by atoms with Crippen molar-refractivity contribution < 1.29 is 5.11 Å². The van der Waals surface area contributed by atoms with Crippen molar-refractivity contribution in [2.75, 3.05) is 6.54 Å². The number of rotatable bonds is 2. The van der Waals surface area contributed by atoms with Gasteiger partial charge in [-0.1, -0.05) is 5.92 Å². The largest absolute Gasteiger partial charge is 0.379 e. The average molecular weight is 113 g/mol. The molecule has 0 rings (SSSR count). The van der Waals surface area contributed by atoms with Crippen LogP contribution in [0.15, 0.2) is 0 Å². The average Bonchev–Trinajstić information content (AvgIpc) is 1.66. The van der Waals surface area contributed by atoms with Gasteiger partial charge in [-0.15, -0.1) is 5.92 Å². The maximum atomic E-state index is 8.60. The molecule has 0 spiro atoms. The van der Waals surface area contributed by atoms with E-state index >= 15 is 0 Å². The van der Waals surface area contributed by atoms with Crippen molar-refractivity contribution in [1.82, 2.24) is 5.32 Å². The Labute approximate surface area is 49.9 Å². The minimum atomic E-state index is -0.448. The van der Waals surface area contributed by atoms with E-state index in [0.717, 1.165) is 0 Å². The molecule has 1 atom stereocenters. The van der Waals surface area contributed by atoms with Gasteiger partial charge in [-0.3, -0.25) is 5.32 Å². The fourth-order valence-electron chi connectivity index (χ4n) is 0.287. The molecule has 0 aromatic carbocycles. The highest BCUT2D eigenvalue weighted by atomic mass is 16.3. The van der Waals surface area contributed by atoms with Crippen LogP contribution in [-0.2, 0) is 0 Å². The minimum absolute atomic E-state index is 0.448. The smallest absolute Gasteiger partial charge is 0.102 e. The van der Waals surface area contributed by atoms with Crippen LogP contribution in [0.5, 0.6) is 0 Å². The molecule has 0 saturated carbocycles. The number of hydrogen-bond donors (Lipinski definition) is 2. The lowest BCUT2D eigenvalue weighted by Crippen LogP contribution is -2.25. The summed E-state index contributed by atoms with van der Waals surface area (Å²) in [5, 5.41) is 11.3. The summed E-state index contributed by atoms with van der Waals surface area (Å²) in [6.07, 6.45) is -0.448. The molecule has 46 valence electrons. The molecule has 0 bridgehead atoms. The molecule has 2 heteroatoms. The summed E-state index contributed by atoms with van der Waals surface area (Å²) in [5.41, 5.74) is 0. The van der Waals surface area contributed by atoms with Gasteiger partial charge in [0.15, 0.2) is 0 Å². The maximum Gasteiger partial charge on any atom is 0.102 e. The van der Waals surface area contributed by atoms with Crippen molar-refractivity contribution in [3.63, 3.8) is 0 Å². The Kier molecular flexibility index (Phi) is 4.33. The first-order valence-electron chi connectivity index (χ1n) is 2.58. The van der Waals surface area contributed by atoms with Gasteiger partial charge < -0.3 is 5.11 Å². The van der Waals surface area contributed by atoms with Gasteiger partial charge in [0.1, 0.15) is 6.23 Å². The van der Waals surface area contributed by atoms with Crippen LogP contribution in [0, 0.1) is 11.8 Å². The summed E-state index contributed by atoms with van der Waals surface area (Å²) >= 11 is 0. The van der Waals surface area contributed by atoms with Crippen molar-refractivity contribution in [1.29, 1.82) is 0 Å². The van der Waals surface area contributed by atoms with Crippen LogP contribution in [0.4, 0.5) is 0 Å². The molecule has 0 aromatic rings. The topological polar surface area (TPSA) is 32.3 Å². The van der Waals surface area contributed by atoms with Gasteiger partial charge in [-0.2, -0.15) is 0 Å². The minimum Gasteiger partial charge on any atom is -0.379 e. The molecule has 1 unspecified atom stereocenters. The Bertz CT molecular complexity index is 98.8. The second-order valence-electron chi connectivity index (χ2n) is 1.48. The quantitative estimate of drug-likeness (QED) is 0.388. The molecule has 0 radical (unpaired) electrons. The number of aliphatic hydroxyl groups excluding tert-OH is 1. The summed E-state index contributed by atoms with van der Waals surface area (Å²) < 4.78 is 0. The summed E-state index contributed by atoms with van der Waals surface area (Å²) in [4.78, 5) is 0. The number of hydrogen-bond acceptors (Lipinski definition) is 2. The summed E-state index contributed by atoms with van der Waals surface area (Å²) in [6, 6.07) is 0. The molecule has 2 nitrogen and oxygen atoms in total. The van der Waals surface area contributed by atoms with Crippen LogP contribution in [0.25, 0.3) is 0 Å². The highest BCUT2D eigenvalue weighted by Gasteiger charge is 1.85. The van der Waals surface area contributed by atoms with E-state index in [1.165, 1.54) is 0 Å². The van der Waals surface area contributed by atoms with Crippen LogP contribution in [-0.4, -0.2) is 17.9 Å². The van der Waals surface area contributed by atoms with E-state index in [2.05, 4.69) is 17.2 Å². The predicted octanol–water partition coefficient (Wildman–Crippen LogP) is -0.0624. The van der Waals surface area contributed by atoms with Crippen LogP contribution < -0.4 is 5.32 Å². The van der Waals surface area contributed by atoms with E-state index in [1.807, 2.05) is 0 Å². The van der Waals surface area contributed by atoms with Gasteiger partial charge in [-0.05, 0) is 13.8 Å². The molecule has 0 fully saturated rings. The fourth-order valence-corrected chi connectivity index (χ4v) is 0.287. The zero-order valence-corrected chi connectivity index (χ0v) is 5.23. The molecule has 0 aliphatic carbocycles. The Morgan fingerprint density at radius 1 is 1.75 bits per heavy atom. The molecule has 0 aromatic heterocycles. The highest BCUT2D eigenvalue weighted by Crippen LogP contribution is 1.66. The SMILES string of the molecule is CC#CCNC(C)O. The molecular formula is C6H11NO. The van der Waals surface area contributed by atoms with E-state index in [1.54, 1.807) is 13.8 Å². The number of nitrogens with one attached hydrogen (secondary N) is 1. The molecule has 8 heavy (non-hydrogen) atoms. The molecule has 0 aliphatic heterocycles. The second-order valence-corrected chi connectivity index (χ2v) is 1.48. The van der Waals surface area contributed by atoms with E-state index in [9.17, 15) is 0 Å². The first-order chi connectivity index (χ1) is 3.77. The standard InChI is InChI=1S/C6H11NO/c1-3-4-5-7-6(2)8/h6-8H,5H2,1-2H3. The van der Waals surface area contributed by atoms with Crippen molar-refractivity contribution in [3.8, 4) is 11.8 Å². The van der Waals surface area contributed by atoms with Gasteiger partial charge in [-0.25, -0.2) is 0 Å². The van der Waals surface area contributed by atoms with Gasteiger partial charge in [0.2, 0.25) is 0 Å². The molecule has 0 amide bonds. The third-order valence-electron chi connectivity index (χ3n) is 0.663. The summed E-state index contributed by atoms with van der Waals surface area (Å²) in [5.74, 6) is 5.46. The highest BCUT2D eigenvalue weighted by molar-refractivity contribution is 4.96. The van der Waals surface area contributed by atoms with Gasteiger partial charge >= 0.3 is 0 Å². The normalized spacial score (nSPS) is 11.9. The predicted molar refractivity (Wildman–Crippen MR) is 33.1 cm³/mol.